The molecule has 0 radical (unpaired) electrons. The minimum Gasteiger partial charge on any atom is -0.327 e. The summed E-state index contributed by atoms with van der Waals surface area (Å²) in [5.41, 5.74) is 7.41. The summed E-state index contributed by atoms with van der Waals surface area (Å²) < 4.78 is 0. The molecule has 0 bridgehead atoms. The van der Waals surface area contributed by atoms with E-state index in [1.807, 2.05) is 0 Å². The van der Waals surface area contributed by atoms with E-state index in [9.17, 15) is 0 Å². The topological polar surface area (TPSA) is 29.3 Å². The van der Waals surface area contributed by atoms with Gasteiger partial charge in [0.15, 0.2) is 0 Å². The fourth-order valence-corrected chi connectivity index (χ4v) is 2.45. The van der Waals surface area contributed by atoms with Crippen molar-refractivity contribution >= 4 is 0 Å². The zero-order chi connectivity index (χ0) is 11.2. The van der Waals surface area contributed by atoms with Crippen molar-refractivity contribution in [3.8, 4) is 0 Å². The second-order valence-corrected chi connectivity index (χ2v) is 4.79. The van der Waals surface area contributed by atoms with Crippen LogP contribution in [0.5, 0.6) is 0 Å². The Balaban J connectivity index is 1.68. The molecule has 2 rings (SSSR count). The van der Waals surface area contributed by atoms with E-state index in [0.717, 1.165) is 6.54 Å². The van der Waals surface area contributed by atoms with Crippen LogP contribution in [0, 0.1) is 0 Å². The number of nitrogens with two attached hydrogens (primary N) is 1. The van der Waals surface area contributed by atoms with Crippen LogP contribution in [0.1, 0.15) is 24.8 Å². The van der Waals surface area contributed by atoms with Crippen LogP contribution in [0.15, 0.2) is 30.3 Å². The van der Waals surface area contributed by atoms with Crippen LogP contribution in [0.4, 0.5) is 0 Å². The maximum absolute atomic E-state index is 5.97. The summed E-state index contributed by atoms with van der Waals surface area (Å²) in [5, 5.41) is 0. The number of benzene rings is 1. The lowest BCUT2D eigenvalue weighted by molar-refractivity contribution is 0.207. The first kappa shape index (κ1) is 11.6. The Morgan fingerprint density at radius 2 is 2.06 bits per heavy atom. The summed E-state index contributed by atoms with van der Waals surface area (Å²) in [6.45, 7) is 3.53. The van der Waals surface area contributed by atoms with Crippen molar-refractivity contribution in [2.75, 3.05) is 19.6 Å². The van der Waals surface area contributed by atoms with Gasteiger partial charge in [0.1, 0.15) is 0 Å². The Kier molecular flexibility index (Phi) is 4.37. The highest BCUT2D eigenvalue weighted by Crippen LogP contribution is 2.10. The molecule has 0 spiro atoms. The van der Waals surface area contributed by atoms with Gasteiger partial charge in [-0.2, -0.15) is 0 Å². The van der Waals surface area contributed by atoms with Gasteiger partial charge in [0.2, 0.25) is 0 Å². The molecule has 2 N–H and O–H groups in total. The average Bonchev–Trinajstić information content (AvgIpc) is 2.30. The minimum atomic E-state index is 0.408. The summed E-state index contributed by atoms with van der Waals surface area (Å²) in [7, 11) is 0. The van der Waals surface area contributed by atoms with Crippen LogP contribution >= 0.6 is 0 Å². The fourth-order valence-electron chi connectivity index (χ4n) is 2.45. The summed E-state index contributed by atoms with van der Waals surface area (Å²) >= 11 is 0. The standard InChI is InChI=1S/C14H22N2/c15-14-9-5-11-16(12-14)10-4-8-13-6-2-1-3-7-13/h1-3,6-7,14H,4-5,8-12,15H2/t14-/m0/s1. The largest absolute Gasteiger partial charge is 0.327 e. The molecular formula is C14H22N2. The molecule has 0 saturated carbocycles. The monoisotopic (exact) mass is 218 g/mol. The third-order valence-corrected chi connectivity index (χ3v) is 3.32. The van der Waals surface area contributed by atoms with E-state index in [2.05, 4.69) is 35.2 Å². The van der Waals surface area contributed by atoms with Crippen molar-refractivity contribution in [1.82, 2.24) is 4.90 Å². The van der Waals surface area contributed by atoms with Crippen LogP contribution in [0.3, 0.4) is 0 Å². The van der Waals surface area contributed by atoms with E-state index in [1.54, 1.807) is 0 Å². The molecule has 88 valence electrons. The Bertz CT molecular complexity index is 297. The average molecular weight is 218 g/mol. The van der Waals surface area contributed by atoms with Crippen molar-refractivity contribution in [2.45, 2.75) is 31.7 Å². The molecule has 1 aromatic carbocycles. The maximum atomic E-state index is 5.97. The third-order valence-electron chi connectivity index (χ3n) is 3.32. The normalized spacial score (nSPS) is 22.2. The van der Waals surface area contributed by atoms with E-state index < -0.39 is 0 Å². The van der Waals surface area contributed by atoms with Crippen molar-refractivity contribution in [3.05, 3.63) is 35.9 Å². The summed E-state index contributed by atoms with van der Waals surface area (Å²) in [6, 6.07) is 11.1. The van der Waals surface area contributed by atoms with Crippen LogP contribution in [-0.4, -0.2) is 30.6 Å². The van der Waals surface area contributed by atoms with Gasteiger partial charge < -0.3 is 10.6 Å². The zero-order valence-corrected chi connectivity index (χ0v) is 9.94. The van der Waals surface area contributed by atoms with Gasteiger partial charge in [-0.05, 0) is 44.3 Å². The molecule has 0 aliphatic carbocycles. The molecule has 1 heterocycles. The quantitative estimate of drug-likeness (QED) is 0.838. The molecule has 0 unspecified atom stereocenters. The van der Waals surface area contributed by atoms with Crippen LogP contribution in [-0.2, 0) is 6.42 Å². The second-order valence-electron chi connectivity index (χ2n) is 4.79. The lowest BCUT2D eigenvalue weighted by atomic mass is 10.1. The summed E-state index contributed by atoms with van der Waals surface area (Å²) in [5.74, 6) is 0. The lowest BCUT2D eigenvalue weighted by Crippen LogP contribution is -2.43. The van der Waals surface area contributed by atoms with Crippen LogP contribution in [0.25, 0.3) is 0 Å². The molecule has 2 nitrogen and oxygen atoms in total. The van der Waals surface area contributed by atoms with Crippen LogP contribution in [0.2, 0.25) is 0 Å². The summed E-state index contributed by atoms with van der Waals surface area (Å²) in [4.78, 5) is 2.51. The zero-order valence-electron chi connectivity index (χ0n) is 9.94. The molecule has 2 heteroatoms. The maximum Gasteiger partial charge on any atom is 0.0168 e. The van der Waals surface area contributed by atoms with Gasteiger partial charge in [0.05, 0.1) is 0 Å². The van der Waals surface area contributed by atoms with Gasteiger partial charge in [0.25, 0.3) is 0 Å². The van der Waals surface area contributed by atoms with E-state index in [-0.39, 0.29) is 0 Å². The molecule has 0 aromatic heterocycles. The fraction of sp³-hybridized carbons (Fsp3) is 0.571. The predicted molar refractivity (Wildman–Crippen MR) is 68.4 cm³/mol. The number of rotatable bonds is 4. The molecule has 1 atom stereocenters. The van der Waals surface area contributed by atoms with Crippen molar-refractivity contribution in [1.29, 1.82) is 0 Å². The van der Waals surface area contributed by atoms with E-state index in [4.69, 9.17) is 5.73 Å². The molecule has 1 aliphatic heterocycles. The Hall–Kier alpha value is -0.860. The second kappa shape index (κ2) is 6.02. The number of piperidine rings is 1. The Morgan fingerprint density at radius 3 is 2.81 bits per heavy atom. The van der Waals surface area contributed by atoms with Crippen LogP contribution < -0.4 is 5.73 Å². The van der Waals surface area contributed by atoms with Gasteiger partial charge in [0, 0.05) is 12.6 Å². The first-order valence-corrected chi connectivity index (χ1v) is 6.36. The predicted octanol–water partition coefficient (Wildman–Crippen LogP) is 2.04. The van der Waals surface area contributed by atoms with Gasteiger partial charge in [-0.1, -0.05) is 30.3 Å². The molecule has 0 amide bonds. The number of likely N-dealkylation sites (tertiary alicyclic amines) is 1. The molecule has 1 aliphatic rings. The molecule has 1 aromatic rings. The van der Waals surface area contributed by atoms with E-state index >= 15 is 0 Å². The Labute approximate surface area is 98.4 Å². The summed E-state index contributed by atoms with van der Waals surface area (Å²) in [6.07, 6.45) is 4.91. The van der Waals surface area contributed by atoms with E-state index in [0.29, 0.717) is 6.04 Å². The highest BCUT2D eigenvalue weighted by Gasteiger charge is 2.15. The van der Waals surface area contributed by atoms with Crippen molar-refractivity contribution in [2.24, 2.45) is 5.73 Å². The lowest BCUT2D eigenvalue weighted by Gasteiger charge is -2.30. The van der Waals surface area contributed by atoms with Gasteiger partial charge in [-0.3, -0.25) is 0 Å². The number of hydrogen-bond acceptors (Lipinski definition) is 2. The SMILES string of the molecule is N[C@H]1CCCN(CCCc2ccccc2)C1. The highest BCUT2D eigenvalue weighted by atomic mass is 15.1. The molecule has 16 heavy (non-hydrogen) atoms. The highest BCUT2D eigenvalue weighted by molar-refractivity contribution is 5.14. The van der Waals surface area contributed by atoms with Crippen molar-refractivity contribution in [3.63, 3.8) is 0 Å². The third kappa shape index (κ3) is 3.62. The molecule has 1 saturated heterocycles. The number of nitrogens with zero attached hydrogens (tertiary/aromatic N) is 1. The Morgan fingerprint density at radius 1 is 1.25 bits per heavy atom. The minimum absolute atomic E-state index is 0.408. The van der Waals surface area contributed by atoms with Gasteiger partial charge >= 0.3 is 0 Å². The van der Waals surface area contributed by atoms with Crippen molar-refractivity contribution < 1.29 is 0 Å². The first-order chi connectivity index (χ1) is 7.84. The molecule has 1 fully saturated rings. The van der Waals surface area contributed by atoms with Gasteiger partial charge in [-0.25, -0.2) is 0 Å². The molecular weight excluding hydrogens is 196 g/mol. The number of hydrogen-bond donors (Lipinski definition) is 1. The van der Waals surface area contributed by atoms with Gasteiger partial charge in [-0.15, -0.1) is 0 Å². The number of aryl methyl sites for hydroxylation is 1. The first-order valence-electron chi connectivity index (χ1n) is 6.36. The van der Waals surface area contributed by atoms with E-state index in [1.165, 1.54) is 44.3 Å². The smallest absolute Gasteiger partial charge is 0.0168 e.